The standard InChI is InChI=1S/C18H22N2O2/c1-22-17-8-4-5-12-10-20(11-15(12)17)18(21)14-9-19-16-7-3-2-6-13(14)16/h2-3,6-7,9,12,15,17,19H,4-5,8,10-11H2,1H3/t12-,15+,17-/m1/s1. The summed E-state index contributed by atoms with van der Waals surface area (Å²) in [5.74, 6) is 1.27. The molecule has 1 N–H and O–H groups in total. The number of likely N-dealkylation sites (tertiary alicyclic amines) is 1. The lowest BCUT2D eigenvalue weighted by Gasteiger charge is -2.31. The Bertz CT molecular complexity index is 693. The lowest BCUT2D eigenvalue weighted by atomic mass is 9.79. The maximum Gasteiger partial charge on any atom is 0.256 e. The summed E-state index contributed by atoms with van der Waals surface area (Å²) in [5.41, 5.74) is 1.82. The Morgan fingerprint density at radius 1 is 1.27 bits per heavy atom. The van der Waals surface area contributed by atoms with Crippen LogP contribution >= 0.6 is 0 Å². The lowest BCUT2D eigenvalue weighted by molar-refractivity contribution is 0.0126. The van der Waals surface area contributed by atoms with Crippen LogP contribution in [-0.4, -0.2) is 42.1 Å². The molecule has 0 spiro atoms. The van der Waals surface area contributed by atoms with Crippen molar-refractivity contribution in [1.29, 1.82) is 0 Å². The molecule has 3 atom stereocenters. The van der Waals surface area contributed by atoms with Gasteiger partial charge in [0.25, 0.3) is 5.91 Å². The summed E-state index contributed by atoms with van der Waals surface area (Å²) in [6.45, 7) is 1.71. The van der Waals surface area contributed by atoms with Gasteiger partial charge in [-0.2, -0.15) is 0 Å². The van der Waals surface area contributed by atoms with Crippen LogP contribution in [0.15, 0.2) is 30.5 Å². The third kappa shape index (κ3) is 2.13. The van der Waals surface area contributed by atoms with Crippen LogP contribution in [0.4, 0.5) is 0 Å². The number of carbonyl (C=O) groups excluding carboxylic acids is 1. The van der Waals surface area contributed by atoms with E-state index in [4.69, 9.17) is 4.74 Å². The maximum atomic E-state index is 12.9. The minimum absolute atomic E-state index is 0.154. The fraction of sp³-hybridized carbons (Fsp3) is 0.500. The molecular weight excluding hydrogens is 276 g/mol. The Kier molecular flexibility index (Phi) is 3.41. The van der Waals surface area contributed by atoms with E-state index >= 15 is 0 Å². The van der Waals surface area contributed by atoms with Crippen molar-refractivity contribution >= 4 is 16.8 Å². The second kappa shape index (κ2) is 5.43. The highest BCUT2D eigenvalue weighted by Crippen LogP contribution is 2.38. The second-order valence-corrected chi connectivity index (χ2v) is 6.59. The fourth-order valence-corrected chi connectivity index (χ4v) is 4.30. The highest BCUT2D eigenvalue weighted by Gasteiger charge is 2.42. The van der Waals surface area contributed by atoms with Crippen LogP contribution in [0.3, 0.4) is 0 Å². The minimum Gasteiger partial charge on any atom is -0.381 e. The molecule has 0 bridgehead atoms. The van der Waals surface area contributed by atoms with Crippen LogP contribution in [-0.2, 0) is 4.74 Å². The van der Waals surface area contributed by atoms with Gasteiger partial charge >= 0.3 is 0 Å². The van der Waals surface area contributed by atoms with E-state index in [1.807, 2.05) is 35.4 Å². The zero-order valence-electron chi connectivity index (χ0n) is 12.9. The number of amides is 1. The van der Waals surface area contributed by atoms with Gasteiger partial charge in [-0.15, -0.1) is 0 Å². The van der Waals surface area contributed by atoms with Gasteiger partial charge in [0.1, 0.15) is 0 Å². The van der Waals surface area contributed by atoms with Crippen molar-refractivity contribution in [2.45, 2.75) is 25.4 Å². The number of methoxy groups -OCH3 is 1. The van der Waals surface area contributed by atoms with Crippen molar-refractivity contribution in [2.24, 2.45) is 11.8 Å². The summed E-state index contributed by atoms with van der Waals surface area (Å²) in [5, 5.41) is 1.02. The Morgan fingerprint density at radius 3 is 3.00 bits per heavy atom. The molecule has 1 aromatic carbocycles. The van der Waals surface area contributed by atoms with Crippen molar-refractivity contribution in [2.75, 3.05) is 20.2 Å². The van der Waals surface area contributed by atoms with Crippen molar-refractivity contribution in [3.63, 3.8) is 0 Å². The SMILES string of the molecule is CO[C@@H]1CCC[C@@H]2CN(C(=O)c3c[nH]c4ccccc34)C[C@@H]21. The van der Waals surface area contributed by atoms with E-state index in [-0.39, 0.29) is 5.91 Å². The van der Waals surface area contributed by atoms with Crippen LogP contribution in [0.5, 0.6) is 0 Å². The van der Waals surface area contributed by atoms with Gasteiger partial charge in [-0.3, -0.25) is 4.79 Å². The largest absolute Gasteiger partial charge is 0.381 e. The quantitative estimate of drug-likeness (QED) is 0.926. The van der Waals surface area contributed by atoms with Crippen molar-refractivity contribution in [3.05, 3.63) is 36.0 Å². The number of aromatic nitrogens is 1. The molecule has 1 amide bonds. The van der Waals surface area contributed by atoms with Crippen LogP contribution in [0.25, 0.3) is 10.9 Å². The van der Waals surface area contributed by atoms with E-state index in [0.29, 0.717) is 17.9 Å². The third-order valence-corrected chi connectivity index (χ3v) is 5.44. The van der Waals surface area contributed by atoms with Gasteiger partial charge in [0.05, 0.1) is 11.7 Å². The minimum atomic E-state index is 0.154. The number of rotatable bonds is 2. The Morgan fingerprint density at radius 2 is 2.14 bits per heavy atom. The van der Waals surface area contributed by atoms with Gasteiger partial charge < -0.3 is 14.6 Å². The van der Waals surface area contributed by atoms with Crippen LogP contribution in [0.2, 0.25) is 0 Å². The molecule has 1 aliphatic carbocycles. The predicted octanol–water partition coefficient (Wildman–Crippen LogP) is 3.06. The summed E-state index contributed by atoms with van der Waals surface area (Å²) in [7, 11) is 1.80. The van der Waals surface area contributed by atoms with E-state index in [0.717, 1.165) is 36.0 Å². The van der Waals surface area contributed by atoms with Crippen LogP contribution < -0.4 is 0 Å². The normalized spacial score (nSPS) is 28.0. The first-order valence-corrected chi connectivity index (χ1v) is 8.16. The van der Waals surface area contributed by atoms with Gasteiger partial charge in [0, 0.05) is 43.2 Å². The van der Waals surface area contributed by atoms with Crippen molar-refractivity contribution in [3.8, 4) is 0 Å². The van der Waals surface area contributed by atoms with Gasteiger partial charge in [-0.1, -0.05) is 24.6 Å². The number of ether oxygens (including phenoxy) is 1. The number of hydrogen-bond acceptors (Lipinski definition) is 2. The molecule has 4 rings (SSSR count). The van der Waals surface area contributed by atoms with E-state index in [1.165, 1.54) is 12.8 Å². The predicted molar refractivity (Wildman–Crippen MR) is 85.8 cm³/mol. The molecule has 0 unspecified atom stereocenters. The number of carbonyl (C=O) groups is 1. The average Bonchev–Trinajstić information content (AvgIpc) is 3.17. The summed E-state index contributed by atoms with van der Waals surface area (Å²) in [6.07, 6.45) is 5.74. The number of nitrogens with one attached hydrogen (secondary N) is 1. The zero-order chi connectivity index (χ0) is 15.1. The highest BCUT2D eigenvalue weighted by molar-refractivity contribution is 6.06. The molecule has 1 aromatic heterocycles. The van der Waals surface area contributed by atoms with Crippen LogP contribution in [0, 0.1) is 11.8 Å². The first kappa shape index (κ1) is 13.8. The molecule has 1 aliphatic heterocycles. The Labute approximate surface area is 130 Å². The van der Waals surface area contributed by atoms with Gasteiger partial charge in [0.2, 0.25) is 0 Å². The lowest BCUT2D eigenvalue weighted by Crippen LogP contribution is -2.33. The summed E-state index contributed by atoms with van der Waals surface area (Å²) in [4.78, 5) is 18.2. The molecule has 4 nitrogen and oxygen atoms in total. The Hall–Kier alpha value is -1.81. The molecule has 2 heterocycles. The molecule has 2 aliphatic rings. The van der Waals surface area contributed by atoms with Crippen molar-refractivity contribution in [1.82, 2.24) is 9.88 Å². The smallest absolute Gasteiger partial charge is 0.256 e. The maximum absolute atomic E-state index is 12.9. The molecular formula is C18H22N2O2. The molecule has 4 heteroatoms. The molecule has 2 aromatic rings. The number of aromatic amines is 1. The van der Waals surface area contributed by atoms with Gasteiger partial charge in [0.15, 0.2) is 0 Å². The summed E-state index contributed by atoms with van der Waals surface area (Å²) in [6, 6.07) is 8.00. The number of hydrogen-bond donors (Lipinski definition) is 1. The number of nitrogens with zero attached hydrogens (tertiary/aromatic N) is 1. The molecule has 22 heavy (non-hydrogen) atoms. The highest BCUT2D eigenvalue weighted by atomic mass is 16.5. The topological polar surface area (TPSA) is 45.3 Å². The zero-order valence-corrected chi connectivity index (χ0v) is 12.9. The van der Waals surface area contributed by atoms with E-state index < -0.39 is 0 Å². The molecule has 0 radical (unpaired) electrons. The monoisotopic (exact) mass is 298 g/mol. The van der Waals surface area contributed by atoms with Gasteiger partial charge in [-0.25, -0.2) is 0 Å². The first-order chi connectivity index (χ1) is 10.8. The number of benzene rings is 1. The second-order valence-electron chi connectivity index (χ2n) is 6.59. The average molecular weight is 298 g/mol. The van der Waals surface area contributed by atoms with E-state index in [9.17, 15) is 4.79 Å². The number of para-hydroxylation sites is 1. The van der Waals surface area contributed by atoms with Gasteiger partial charge in [-0.05, 0) is 24.8 Å². The number of fused-ring (bicyclic) bond motifs is 2. The van der Waals surface area contributed by atoms with Crippen molar-refractivity contribution < 1.29 is 9.53 Å². The molecule has 116 valence electrons. The molecule has 2 fully saturated rings. The molecule has 1 saturated carbocycles. The Balaban J connectivity index is 1.59. The number of H-pyrrole nitrogens is 1. The third-order valence-electron chi connectivity index (χ3n) is 5.44. The summed E-state index contributed by atoms with van der Waals surface area (Å²) >= 11 is 0. The summed E-state index contributed by atoms with van der Waals surface area (Å²) < 4.78 is 5.65. The van der Waals surface area contributed by atoms with Crippen LogP contribution in [0.1, 0.15) is 29.6 Å². The van der Waals surface area contributed by atoms with E-state index in [1.54, 1.807) is 7.11 Å². The molecule has 1 saturated heterocycles. The first-order valence-electron chi connectivity index (χ1n) is 8.16. The fourth-order valence-electron chi connectivity index (χ4n) is 4.30. The van der Waals surface area contributed by atoms with E-state index in [2.05, 4.69) is 4.98 Å².